The predicted molar refractivity (Wildman–Crippen MR) is 143 cm³/mol. The highest BCUT2D eigenvalue weighted by molar-refractivity contribution is 6.63. The number of carboxylic acid groups (broad SMARTS) is 1. The summed E-state index contributed by atoms with van der Waals surface area (Å²) in [7, 11) is 0. The summed E-state index contributed by atoms with van der Waals surface area (Å²) in [6, 6.07) is 26.8. The minimum Gasteiger partial charge on any atom is -0.493 e. The lowest BCUT2D eigenvalue weighted by atomic mass is 10.1. The molecule has 0 radical (unpaired) electrons. The molecule has 0 spiro atoms. The van der Waals surface area contributed by atoms with E-state index in [9.17, 15) is 4.79 Å². The van der Waals surface area contributed by atoms with Crippen LogP contribution in [0.1, 0.15) is 22.6 Å². The van der Waals surface area contributed by atoms with Gasteiger partial charge >= 0.3 is 5.97 Å². The number of nitrogens with two attached hydrogens (primary N) is 1. The molecular weight excluding hydrogens is 468 g/mol. The number of ether oxygens (including phenoxy) is 1. The molecule has 8 heteroatoms. The number of aliphatic carboxylic acids is 1. The van der Waals surface area contributed by atoms with Gasteiger partial charge in [0.05, 0.1) is 18.0 Å². The number of aromatic nitrogens is 1. The van der Waals surface area contributed by atoms with Crippen LogP contribution in [0.25, 0.3) is 11.5 Å². The van der Waals surface area contributed by atoms with Crippen molar-refractivity contribution in [3.05, 3.63) is 108 Å². The fourth-order valence-corrected chi connectivity index (χ4v) is 3.41. The Kier molecular flexibility index (Phi) is 9.87. The third kappa shape index (κ3) is 8.26. The van der Waals surface area contributed by atoms with E-state index in [0.29, 0.717) is 36.8 Å². The smallest absolute Gasteiger partial charge is 0.355 e. The van der Waals surface area contributed by atoms with Gasteiger partial charge in [0, 0.05) is 24.9 Å². The zero-order valence-corrected chi connectivity index (χ0v) is 20.6. The van der Waals surface area contributed by atoms with Crippen molar-refractivity contribution < 1.29 is 19.1 Å². The lowest BCUT2D eigenvalue weighted by molar-refractivity contribution is -0.129. The van der Waals surface area contributed by atoms with Crippen molar-refractivity contribution >= 4 is 17.4 Å². The molecule has 1 heterocycles. The quantitative estimate of drug-likeness (QED) is 0.224. The van der Waals surface area contributed by atoms with Crippen LogP contribution in [0, 0.1) is 17.7 Å². The number of benzene rings is 3. The largest absolute Gasteiger partial charge is 0.493 e. The second-order valence-electron chi connectivity index (χ2n) is 8.16. The minimum absolute atomic E-state index is 0.0607. The number of aryl methyl sites for hydroxylation is 1. The average Bonchev–Trinajstić information content (AvgIpc) is 3.30. The molecule has 0 fully saturated rings. The van der Waals surface area contributed by atoms with Gasteiger partial charge in [0.1, 0.15) is 11.5 Å². The van der Waals surface area contributed by atoms with Crippen molar-refractivity contribution in [2.45, 2.75) is 26.3 Å². The number of hydrogen-bond donors (Lipinski definition) is 4. The van der Waals surface area contributed by atoms with Crippen LogP contribution in [-0.4, -0.2) is 34.1 Å². The van der Waals surface area contributed by atoms with Crippen LogP contribution < -0.4 is 10.5 Å². The number of rotatable bonds is 10. The molecule has 37 heavy (non-hydrogen) atoms. The monoisotopic (exact) mass is 498 g/mol. The third-order valence-corrected chi connectivity index (χ3v) is 5.39. The van der Waals surface area contributed by atoms with Crippen molar-refractivity contribution in [1.29, 1.82) is 10.8 Å². The highest BCUT2D eigenvalue weighted by atomic mass is 16.5. The summed E-state index contributed by atoms with van der Waals surface area (Å²) in [6.07, 6.45) is 0.636. The Morgan fingerprint density at radius 3 is 2.24 bits per heavy atom. The first-order chi connectivity index (χ1) is 17.9. The lowest BCUT2D eigenvalue weighted by Crippen LogP contribution is -2.23. The summed E-state index contributed by atoms with van der Waals surface area (Å²) in [5.74, 6) is 0.545. The maximum Gasteiger partial charge on any atom is 0.355 e. The Labute approximate surface area is 215 Å². The van der Waals surface area contributed by atoms with E-state index in [0.717, 1.165) is 17.0 Å². The topological polar surface area (TPSA) is 146 Å². The second kappa shape index (κ2) is 13.5. The Morgan fingerprint density at radius 1 is 0.973 bits per heavy atom. The van der Waals surface area contributed by atoms with Crippen LogP contribution in [0.3, 0.4) is 0 Å². The van der Waals surface area contributed by atoms with Gasteiger partial charge in [0.2, 0.25) is 5.89 Å². The number of nitrogens with one attached hydrogen (secondary N) is 2. The molecule has 0 saturated heterocycles. The second-order valence-corrected chi connectivity index (χ2v) is 8.16. The van der Waals surface area contributed by atoms with E-state index in [1.165, 1.54) is 5.56 Å². The third-order valence-electron chi connectivity index (χ3n) is 5.39. The molecule has 0 bridgehead atoms. The van der Waals surface area contributed by atoms with Crippen molar-refractivity contribution in [3.8, 4) is 17.2 Å². The Hall–Kier alpha value is -4.56. The van der Waals surface area contributed by atoms with Gasteiger partial charge < -0.3 is 25.4 Å². The Bertz CT molecular complexity index is 1330. The van der Waals surface area contributed by atoms with E-state index < -0.39 is 11.7 Å². The molecule has 0 unspecified atom stereocenters. The van der Waals surface area contributed by atoms with Crippen molar-refractivity contribution in [2.24, 2.45) is 5.73 Å². The van der Waals surface area contributed by atoms with Gasteiger partial charge in [0.25, 0.3) is 0 Å². The van der Waals surface area contributed by atoms with Crippen LogP contribution >= 0.6 is 0 Å². The maximum atomic E-state index is 10.8. The SMILES string of the molecule is Cc1oc(-c2ccccc2)nc1CCOc1cccc(CC(=N)C(=N)C(=O)O)c1.NCc1ccccc1. The number of hydrogen-bond acceptors (Lipinski definition) is 7. The first-order valence-electron chi connectivity index (χ1n) is 11.7. The van der Waals surface area contributed by atoms with Crippen molar-refractivity contribution in [1.82, 2.24) is 4.98 Å². The molecule has 0 atom stereocenters. The number of nitrogens with zero attached hydrogens (tertiary/aromatic N) is 1. The Morgan fingerprint density at radius 2 is 1.62 bits per heavy atom. The zero-order chi connectivity index (χ0) is 26.6. The molecule has 0 aliphatic heterocycles. The highest BCUT2D eigenvalue weighted by Crippen LogP contribution is 2.22. The van der Waals surface area contributed by atoms with E-state index >= 15 is 0 Å². The Balaban J connectivity index is 0.000000405. The van der Waals surface area contributed by atoms with Gasteiger partial charge in [-0.3, -0.25) is 5.41 Å². The molecular formula is C29H30N4O4. The van der Waals surface area contributed by atoms with Crippen molar-refractivity contribution in [3.63, 3.8) is 0 Å². The summed E-state index contributed by atoms with van der Waals surface area (Å²) in [6.45, 7) is 2.91. The van der Waals surface area contributed by atoms with Crippen LogP contribution in [0.2, 0.25) is 0 Å². The van der Waals surface area contributed by atoms with Crippen LogP contribution in [0.4, 0.5) is 0 Å². The van der Waals surface area contributed by atoms with Gasteiger partial charge in [-0.15, -0.1) is 0 Å². The molecule has 1 aromatic heterocycles. The summed E-state index contributed by atoms with van der Waals surface area (Å²) in [5, 5.41) is 23.9. The molecule has 190 valence electrons. The van der Waals surface area contributed by atoms with Crippen LogP contribution in [0.5, 0.6) is 5.75 Å². The van der Waals surface area contributed by atoms with E-state index in [-0.39, 0.29) is 12.1 Å². The van der Waals surface area contributed by atoms with Gasteiger partial charge in [-0.05, 0) is 42.3 Å². The minimum atomic E-state index is -1.40. The predicted octanol–water partition coefficient (Wildman–Crippen LogP) is 5.08. The molecule has 0 aliphatic carbocycles. The molecule has 0 amide bonds. The normalized spacial score (nSPS) is 10.2. The maximum absolute atomic E-state index is 10.8. The fourth-order valence-electron chi connectivity index (χ4n) is 3.41. The molecule has 0 saturated carbocycles. The summed E-state index contributed by atoms with van der Waals surface area (Å²) in [5.41, 5.74) is 8.05. The van der Waals surface area contributed by atoms with E-state index in [1.54, 1.807) is 24.3 Å². The van der Waals surface area contributed by atoms with E-state index in [1.807, 2.05) is 67.6 Å². The van der Waals surface area contributed by atoms with E-state index in [2.05, 4.69) is 4.98 Å². The highest BCUT2D eigenvalue weighted by Gasteiger charge is 2.14. The summed E-state index contributed by atoms with van der Waals surface area (Å²) in [4.78, 5) is 15.3. The van der Waals surface area contributed by atoms with Gasteiger partial charge in [-0.1, -0.05) is 60.7 Å². The van der Waals surface area contributed by atoms with Crippen molar-refractivity contribution in [2.75, 3.05) is 6.61 Å². The summed E-state index contributed by atoms with van der Waals surface area (Å²) >= 11 is 0. The molecule has 5 N–H and O–H groups in total. The van der Waals surface area contributed by atoms with Gasteiger partial charge in [-0.25, -0.2) is 9.78 Å². The molecule has 4 rings (SSSR count). The molecule has 8 nitrogen and oxygen atoms in total. The summed E-state index contributed by atoms with van der Waals surface area (Å²) < 4.78 is 11.5. The van der Waals surface area contributed by atoms with Crippen LogP contribution in [-0.2, 0) is 24.2 Å². The first kappa shape index (κ1) is 27.0. The fraction of sp³-hybridized carbons (Fsp3) is 0.172. The zero-order valence-electron chi connectivity index (χ0n) is 20.6. The molecule has 0 aliphatic rings. The first-order valence-corrected chi connectivity index (χ1v) is 11.7. The average molecular weight is 499 g/mol. The lowest BCUT2D eigenvalue weighted by Gasteiger charge is -2.08. The van der Waals surface area contributed by atoms with Gasteiger partial charge in [0.15, 0.2) is 5.71 Å². The van der Waals surface area contributed by atoms with Crippen LogP contribution in [0.15, 0.2) is 89.3 Å². The molecule has 3 aromatic carbocycles. The standard InChI is InChI=1S/C22H21N3O4.C7H9N/c1-14-19(25-21(29-14)16-7-3-2-4-8-16)10-11-28-17-9-5-6-15(12-17)13-18(23)20(24)22(26)27;8-6-7-4-2-1-3-5-7/h2-9,12,23-24H,10-11,13H2,1H3,(H,26,27);1-5H,6,8H2. The molecule has 4 aromatic rings. The van der Waals surface area contributed by atoms with E-state index in [4.69, 9.17) is 30.8 Å². The van der Waals surface area contributed by atoms with Gasteiger partial charge in [-0.2, -0.15) is 0 Å². The number of carbonyl (C=O) groups is 1. The number of oxazole rings is 1. The number of carboxylic acids is 1.